The summed E-state index contributed by atoms with van der Waals surface area (Å²) in [6.07, 6.45) is 4.20. The highest BCUT2D eigenvalue weighted by atomic mass is 35.5. The Kier molecular flexibility index (Phi) is 5.91. The summed E-state index contributed by atoms with van der Waals surface area (Å²) in [5, 5.41) is 1.39. The first-order valence-corrected chi connectivity index (χ1v) is 12.8. The number of aromatic nitrogens is 2. The lowest BCUT2D eigenvalue weighted by atomic mass is 9.71. The number of amides is 2. The minimum Gasteiger partial charge on any atom is -0.465 e. The maximum atomic E-state index is 14.3. The smallest absolute Gasteiger partial charge is 0.341 e. The minimum absolute atomic E-state index is 0.213. The normalized spacial score (nSPS) is 16.5. The first kappa shape index (κ1) is 24.2. The Bertz CT molecular complexity index is 1570. The number of piperidine rings is 1. The van der Waals surface area contributed by atoms with Crippen LogP contribution >= 0.6 is 11.6 Å². The number of benzene rings is 2. The molecule has 1 saturated heterocycles. The molecule has 0 radical (unpaired) electrons. The van der Waals surface area contributed by atoms with Crippen LogP contribution in [0.5, 0.6) is 0 Å². The number of hydrogen-bond acceptors (Lipinski definition) is 6. The quantitative estimate of drug-likeness (QED) is 0.304. The topological polar surface area (TPSA) is 95.6 Å². The molecule has 2 aliphatic heterocycles. The SMILES string of the molecule is COC(=O)c1cnc2[nH]ccc2c1N1CCC(C(=O)N2Cc3ccccc3C2=O)(c2ccc(Cl)cc2)CC1. The predicted molar refractivity (Wildman–Crippen MR) is 143 cm³/mol. The molecule has 4 aromatic rings. The van der Waals surface area contributed by atoms with Crippen LogP contribution in [0.2, 0.25) is 5.02 Å². The van der Waals surface area contributed by atoms with E-state index in [0.717, 1.165) is 22.2 Å². The number of esters is 1. The van der Waals surface area contributed by atoms with Gasteiger partial charge >= 0.3 is 5.97 Å². The fourth-order valence-corrected chi connectivity index (χ4v) is 5.90. The van der Waals surface area contributed by atoms with Gasteiger partial charge in [0, 0.05) is 41.5 Å². The number of halogens is 1. The third kappa shape index (κ3) is 3.75. The van der Waals surface area contributed by atoms with Gasteiger partial charge in [-0.05, 0) is 48.2 Å². The monoisotopic (exact) mass is 528 g/mol. The van der Waals surface area contributed by atoms with Crippen LogP contribution in [0.1, 0.15) is 44.7 Å². The fraction of sp³-hybridized carbons (Fsp3) is 0.241. The van der Waals surface area contributed by atoms with Crippen molar-refractivity contribution in [1.82, 2.24) is 14.9 Å². The molecule has 4 heterocycles. The summed E-state index contributed by atoms with van der Waals surface area (Å²) in [6, 6.07) is 16.5. The van der Waals surface area contributed by atoms with Crippen LogP contribution in [0.3, 0.4) is 0 Å². The van der Waals surface area contributed by atoms with E-state index in [1.165, 1.54) is 18.2 Å². The largest absolute Gasteiger partial charge is 0.465 e. The van der Waals surface area contributed by atoms with Crippen molar-refractivity contribution in [3.63, 3.8) is 0 Å². The van der Waals surface area contributed by atoms with Gasteiger partial charge < -0.3 is 14.6 Å². The first-order valence-electron chi connectivity index (χ1n) is 12.4. The molecule has 8 nitrogen and oxygen atoms in total. The van der Waals surface area contributed by atoms with Crippen LogP contribution in [0.15, 0.2) is 67.0 Å². The summed E-state index contributed by atoms with van der Waals surface area (Å²) in [7, 11) is 1.35. The number of H-pyrrole nitrogens is 1. The number of hydrogen-bond donors (Lipinski definition) is 1. The Morgan fingerprint density at radius 1 is 1.05 bits per heavy atom. The number of ether oxygens (including phenoxy) is 1. The Hall–Kier alpha value is -4.17. The van der Waals surface area contributed by atoms with Crippen LogP contribution in [0, 0.1) is 0 Å². The van der Waals surface area contributed by atoms with E-state index in [4.69, 9.17) is 16.3 Å². The van der Waals surface area contributed by atoms with Crippen molar-refractivity contribution < 1.29 is 19.1 Å². The van der Waals surface area contributed by atoms with Crippen molar-refractivity contribution in [2.24, 2.45) is 0 Å². The minimum atomic E-state index is -0.922. The average molecular weight is 529 g/mol. The Labute approximate surface area is 224 Å². The third-order valence-corrected chi connectivity index (χ3v) is 8.02. The highest BCUT2D eigenvalue weighted by Crippen LogP contribution is 2.42. The fourth-order valence-electron chi connectivity index (χ4n) is 5.78. The summed E-state index contributed by atoms with van der Waals surface area (Å²) in [4.78, 5) is 51.1. The molecule has 0 unspecified atom stereocenters. The van der Waals surface area contributed by atoms with Crippen molar-refractivity contribution >= 4 is 46.1 Å². The highest BCUT2D eigenvalue weighted by molar-refractivity contribution is 6.30. The van der Waals surface area contributed by atoms with Gasteiger partial charge in [-0.1, -0.05) is 41.9 Å². The van der Waals surface area contributed by atoms with Crippen LogP contribution in [0.25, 0.3) is 11.0 Å². The molecule has 2 aromatic carbocycles. The summed E-state index contributed by atoms with van der Waals surface area (Å²) in [6.45, 7) is 1.23. The number of aromatic amines is 1. The molecule has 38 heavy (non-hydrogen) atoms. The first-order chi connectivity index (χ1) is 18.4. The molecule has 192 valence electrons. The number of rotatable bonds is 4. The van der Waals surface area contributed by atoms with E-state index in [0.29, 0.717) is 47.7 Å². The number of methoxy groups -OCH3 is 1. The number of pyridine rings is 1. The van der Waals surface area contributed by atoms with Gasteiger partial charge in [-0.25, -0.2) is 9.78 Å². The van der Waals surface area contributed by atoms with E-state index in [1.54, 1.807) is 24.4 Å². The van der Waals surface area contributed by atoms with E-state index in [-0.39, 0.29) is 18.4 Å². The van der Waals surface area contributed by atoms with E-state index in [2.05, 4.69) is 14.9 Å². The van der Waals surface area contributed by atoms with Crippen LogP contribution in [-0.2, 0) is 21.5 Å². The van der Waals surface area contributed by atoms with Gasteiger partial charge in [0.1, 0.15) is 11.2 Å². The molecule has 2 aliphatic rings. The van der Waals surface area contributed by atoms with Crippen molar-refractivity contribution in [2.45, 2.75) is 24.8 Å². The Balaban J connectivity index is 1.38. The second kappa shape index (κ2) is 9.29. The van der Waals surface area contributed by atoms with Gasteiger partial charge in [0.2, 0.25) is 5.91 Å². The third-order valence-electron chi connectivity index (χ3n) is 7.77. The second-order valence-electron chi connectivity index (χ2n) is 9.68. The molecular weight excluding hydrogens is 504 g/mol. The number of carbonyl (C=O) groups excluding carboxylic acids is 3. The number of nitrogens with one attached hydrogen (secondary N) is 1. The van der Waals surface area contributed by atoms with Gasteiger partial charge in [-0.3, -0.25) is 14.5 Å². The molecule has 6 rings (SSSR count). The zero-order chi connectivity index (χ0) is 26.4. The summed E-state index contributed by atoms with van der Waals surface area (Å²) >= 11 is 6.19. The van der Waals surface area contributed by atoms with Gasteiger partial charge in [0.15, 0.2) is 0 Å². The van der Waals surface area contributed by atoms with Gasteiger partial charge in [-0.2, -0.15) is 0 Å². The second-order valence-corrected chi connectivity index (χ2v) is 10.1. The maximum absolute atomic E-state index is 14.3. The maximum Gasteiger partial charge on any atom is 0.341 e. The standard InChI is InChI=1S/C29H25ClN4O4/c1-38-27(36)23-16-32-25-22(10-13-31-25)24(23)33-14-11-29(12-15-33,19-6-8-20(30)9-7-19)28(37)34-17-18-4-2-3-5-21(18)26(34)35/h2-10,13,16H,11-12,14-15,17H2,1H3,(H,31,32). The van der Waals surface area contributed by atoms with Gasteiger partial charge in [-0.15, -0.1) is 0 Å². The molecule has 2 amide bonds. The lowest BCUT2D eigenvalue weighted by Gasteiger charge is -2.43. The number of fused-ring (bicyclic) bond motifs is 2. The molecular formula is C29H25ClN4O4. The van der Waals surface area contributed by atoms with Crippen molar-refractivity contribution in [2.75, 3.05) is 25.1 Å². The lowest BCUT2D eigenvalue weighted by molar-refractivity contribution is -0.135. The van der Waals surface area contributed by atoms with Gasteiger partial charge in [0.05, 0.1) is 24.8 Å². The van der Waals surface area contributed by atoms with Crippen LogP contribution in [0.4, 0.5) is 5.69 Å². The van der Waals surface area contributed by atoms with Gasteiger partial charge in [0.25, 0.3) is 5.91 Å². The van der Waals surface area contributed by atoms with Crippen LogP contribution < -0.4 is 4.90 Å². The lowest BCUT2D eigenvalue weighted by Crippen LogP contribution is -2.53. The van der Waals surface area contributed by atoms with E-state index in [9.17, 15) is 14.4 Å². The summed E-state index contributed by atoms with van der Waals surface area (Å²) in [5.74, 6) is -0.950. The Morgan fingerprint density at radius 3 is 2.50 bits per heavy atom. The van der Waals surface area contributed by atoms with E-state index < -0.39 is 11.4 Å². The predicted octanol–water partition coefficient (Wildman–Crippen LogP) is 4.72. The summed E-state index contributed by atoms with van der Waals surface area (Å²) in [5.41, 5.74) is 3.08. The molecule has 1 N–H and O–H groups in total. The average Bonchev–Trinajstić information content (AvgIpc) is 3.57. The molecule has 0 spiro atoms. The molecule has 0 bridgehead atoms. The molecule has 0 aliphatic carbocycles. The number of nitrogens with zero attached hydrogens (tertiary/aromatic N) is 3. The zero-order valence-electron chi connectivity index (χ0n) is 20.7. The zero-order valence-corrected chi connectivity index (χ0v) is 21.5. The van der Waals surface area contributed by atoms with Crippen molar-refractivity contribution in [1.29, 1.82) is 0 Å². The molecule has 0 atom stereocenters. The number of anilines is 1. The Morgan fingerprint density at radius 2 is 1.79 bits per heavy atom. The highest BCUT2D eigenvalue weighted by Gasteiger charge is 2.48. The number of imide groups is 1. The molecule has 9 heteroatoms. The van der Waals surface area contributed by atoms with Crippen LogP contribution in [-0.4, -0.2) is 52.9 Å². The molecule has 2 aromatic heterocycles. The summed E-state index contributed by atoms with van der Waals surface area (Å²) < 4.78 is 5.04. The number of carbonyl (C=O) groups is 3. The van der Waals surface area contributed by atoms with E-state index in [1.807, 2.05) is 36.4 Å². The molecule has 0 saturated carbocycles. The molecule has 1 fully saturated rings. The van der Waals surface area contributed by atoms with Crippen molar-refractivity contribution in [3.8, 4) is 0 Å². The van der Waals surface area contributed by atoms with E-state index >= 15 is 0 Å². The van der Waals surface area contributed by atoms with Crippen molar-refractivity contribution in [3.05, 3.63) is 94.3 Å².